The first kappa shape index (κ1) is 14.9. The van der Waals surface area contributed by atoms with Crippen LogP contribution in [0.3, 0.4) is 0 Å². The molecular weight excluding hydrogens is 264 g/mol. The fourth-order valence-electron chi connectivity index (χ4n) is 2.06. The number of carbonyl (C=O) groups excluding carboxylic acids is 1. The van der Waals surface area contributed by atoms with Crippen molar-refractivity contribution in [2.45, 2.75) is 19.8 Å². The van der Waals surface area contributed by atoms with Gasteiger partial charge in [-0.25, -0.2) is 0 Å². The number of ether oxygens (including phenoxy) is 1. The van der Waals surface area contributed by atoms with Crippen molar-refractivity contribution in [2.75, 3.05) is 17.7 Å². The average molecular weight is 284 g/mol. The third-order valence-electron chi connectivity index (χ3n) is 3.02. The molecule has 0 atom stereocenters. The number of hydrogen-bond donors (Lipinski definition) is 2. The summed E-state index contributed by atoms with van der Waals surface area (Å²) < 4.78 is 5.41. The van der Waals surface area contributed by atoms with E-state index in [2.05, 4.69) is 5.32 Å². The number of nitrogens with two attached hydrogens (primary N) is 1. The van der Waals surface area contributed by atoms with Gasteiger partial charge in [-0.3, -0.25) is 4.79 Å². The van der Waals surface area contributed by atoms with Crippen molar-refractivity contribution in [2.24, 2.45) is 0 Å². The molecule has 0 unspecified atom stereocenters. The highest BCUT2D eigenvalue weighted by Gasteiger charge is 2.04. The number of nitrogen functional groups attached to an aromatic ring is 1. The third kappa shape index (κ3) is 4.84. The SMILES string of the molecule is CCOc1cccc(NC(=O)CCc2cccc(N)c2)c1. The second-order valence-electron chi connectivity index (χ2n) is 4.75. The van der Waals surface area contributed by atoms with E-state index in [-0.39, 0.29) is 5.91 Å². The highest BCUT2D eigenvalue weighted by Crippen LogP contribution is 2.17. The van der Waals surface area contributed by atoms with Gasteiger partial charge in [-0.05, 0) is 43.2 Å². The Labute approximate surface area is 124 Å². The summed E-state index contributed by atoms with van der Waals surface area (Å²) >= 11 is 0. The molecule has 0 aliphatic heterocycles. The zero-order chi connectivity index (χ0) is 15.1. The van der Waals surface area contributed by atoms with Gasteiger partial charge >= 0.3 is 0 Å². The lowest BCUT2D eigenvalue weighted by Crippen LogP contribution is -2.12. The summed E-state index contributed by atoms with van der Waals surface area (Å²) in [6.07, 6.45) is 1.09. The third-order valence-corrected chi connectivity index (χ3v) is 3.02. The summed E-state index contributed by atoms with van der Waals surface area (Å²) in [5, 5.41) is 2.88. The van der Waals surface area contributed by atoms with Crippen LogP contribution in [0.25, 0.3) is 0 Å². The molecule has 0 aliphatic carbocycles. The maximum absolute atomic E-state index is 12.0. The van der Waals surface area contributed by atoms with Crippen LogP contribution in [0.5, 0.6) is 5.75 Å². The van der Waals surface area contributed by atoms with Gasteiger partial charge in [0, 0.05) is 23.9 Å². The van der Waals surface area contributed by atoms with Crippen LogP contribution in [0.4, 0.5) is 11.4 Å². The van der Waals surface area contributed by atoms with Crippen LogP contribution in [0.1, 0.15) is 18.9 Å². The van der Waals surface area contributed by atoms with Gasteiger partial charge in [0.25, 0.3) is 0 Å². The molecule has 2 aromatic rings. The Kier molecular flexibility index (Phi) is 5.21. The van der Waals surface area contributed by atoms with Crippen molar-refractivity contribution in [1.82, 2.24) is 0 Å². The smallest absolute Gasteiger partial charge is 0.224 e. The van der Waals surface area contributed by atoms with Gasteiger partial charge < -0.3 is 15.8 Å². The van der Waals surface area contributed by atoms with Crippen LogP contribution >= 0.6 is 0 Å². The molecule has 0 bridgehead atoms. The predicted octanol–water partition coefficient (Wildman–Crippen LogP) is 3.24. The Bertz CT molecular complexity index is 611. The van der Waals surface area contributed by atoms with Crippen LogP contribution in [-0.2, 0) is 11.2 Å². The Morgan fingerprint density at radius 1 is 1.19 bits per heavy atom. The topological polar surface area (TPSA) is 64.3 Å². The van der Waals surface area contributed by atoms with Crippen LogP contribution < -0.4 is 15.8 Å². The minimum Gasteiger partial charge on any atom is -0.494 e. The van der Waals surface area contributed by atoms with E-state index in [1.807, 2.05) is 55.5 Å². The number of benzene rings is 2. The Hall–Kier alpha value is -2.49. The fraction of sp³-hybridized carbons (Fsp3) is 0.235. The second kappa shape index (κ2) is 7.33. The molecule has 4 nitrogen and oxygen atoms in total. The zero-order valence-electron chi connectivity index (χ0n) is 12.1. The van der Waals surface area contributed by atoms with Gasteiger partial charge in [-0.15, -0.1) is 0 Å². The van der Waals surface area contributed by atoms with Gasteiger partial charge in [0.15, 0.2) is 0 Å². The van der Waals surface area contributed by atoms with E-state index in [0.717, 1.165) is 22.7 Å². The van der Waals surface area contributed by atoms with Crippen LogP contribution in [0, 0.1) is 0 Å². The van der Waals surface area contributed by atoms with E-state index in [1.54, 1.807) is 0 Å². The summed E-state index contributed by atoms with van der Waals surface area (Å²) in [6.45, 7) is 2.53. The largest absolute Gasteiger partial charge is 0.494 e. The molecule has 21 heavy (non-hydrogen) atoms. The maximum Gasteiger partial charge on any atom is 0.224 e. The molecule has 0 saturated carbocycles. The summed E-state index contributed by atoms with van der Waals surface area (Å²) in [5.74, 6) is 0.734. The van der Waals surface area contributed by atoms with Gasteiger partial charge in [0.1, 0.15) is 5.75 Å². The van der Waals surface area contributed by atoms with E-state index in [9.17, 15) is 4.79 Å². The Morgan fingerprint density at radius 3 is 2.76 bits per heavy atom. The standard InChI is InChI=1S/C17H20N2O2/c1-2-21-16-8-4-7-15(12-16)19-17(20)10-9-13-5-3-6-14(18)11-13/h3-8,11-12H,2,9-10,18H2,1H3,(H,19,20). The number of carbonyl (C=O) groups is 1. The van der Waals surface area contributed by atoms with Crippen LogP contribution in [0.15, 0.2) is 48.5 Å². The van der Waals surface area contributed by atoms with Gasteiger partial charge in [0.05, 0.1) is 6.61 Å². The number of rotatable bonds is 6. The molecule has 2 rings (SSSR count). The molecule has 0 radical (unpaired) electrons. The van der Waals surface area contributed by atoms with Crippen LogP contribution in [0.2, 0.25) is 0 Å². The summed E-state index contributed by atoms with van der Waals surface area (Å²) in [6, 6.07) is 15.0. The molecular formula is C17H20N2O2. The summed E-state index contributed by atoms with van der Waals surface area (Å²) in [4.78, 5) is 12.0. The molecule has 2 aromatic carbocycles. The molecule has 0 aliphatic rings. The first-order chi connectivity index (χ1) is 10.2. The first-order valence-electron chi connectivity index (χ1n) is 7.04. The number of hydrogen-bond acceptors (Lipinski definition) is 3. The number of aryl methyl sites for hydroxylation is 1. The van der Waals surface area contributed by atoms with Crippen molar-refractivity contribution >= 4 is 17.3 Å². The van der Waals surface area contributed by atoms with Gasteiger partial charge in [0.2, 0.25) is 5.91 Å². The summed E-state index contributed by atoms with van der Waals surface area (Å²) in [5.41, 5.74) is 8.25. The van der Waals surface area contributed by atoms with E-state index >= 15 is 0 Å². The first-order valence-corrected chi connectivity index (χ1v) is 7.04. The van der Waals surface area contributed by atoms with E-state index in [4.69, 9.17) is 10.5 Å². The maximum atomic E-state index is 12.0. The number of anilines is 2. The van der Waals surface area contributed by atoms with E-state index in [0.29, 0.717) is 19.4 Å². The molecule has 110 valence electrons. The highest BCUT2D eigenvalue weighted by molar-refractivity contribution is 5.91. The quantitative estimate of drug-likeness (QED) is 0.800. The second-order valence-corrected chi connectivity index (χ2v) is 4.75. The van der Waals surface area contributed by atoms with E-state index in [1.165, 1.54) is 0 Å². The average Bonchev–Trinajstić information content (AvgIpc) is 2.46. The molecule has 4 heteroatoms. The zero-order valence-corrected chi connectivity index (χ0v) is 12.1. The van der Waals surface area contributed by atoms with E-state index < -0.39 is 0 Å². The highest BCUT2D eigenvalue weighted by atomic mass is 16.5. The molecule has 0 fully saturated rings. The predicted molar refractivity (Wildman–Crippen MR) is 85.4 cm³/mol. The number of nitrogens with one attached hydrogen (secondary N) is 1. The fourth-order valence-corrected chi connectivity index (χ4v) is 2.06. The van der Waals surface area contributed by atoms with Crippen molar-refractivity contribution in [3.05, 3.63) is 54.1 Å². The lowest BCUT2D eigenvalue weighted by atomic mass is 10.1. The van der Waals surface area contributed by atoms with Crippen LogP contribution in [-0.4, -0.2) is 12.5 Å². The Balaban J connectivity index is 1.88. The number of amides is 1. The minimum atomic E-state index is -0.0222. The minimum absolute atomic E-state index is 0.0222. The monoisotopic (exact) mass is 284 g/mol. The lowest BCUT2D eigenvalue weighted by molar-refractivity contribution is -0.116. The van der Waals surface area contributed by atoms with Gasteiger partial charge in [-0.2, -0.15) is 0 Å². The van der Waals surface area contributed by atoms with Crippen molar-refractivity contribution in [3.8, 4) is 5.75 Å². The molecule has 0 saturated heterocycles. The molecule has 3 N–H and O–H groups in total. The molecule has 0 spiro atoms. The van der Waals surface area contributed by atoms with Crippen molar-refractivity contribution in [1.29, 1.82) is 0 Å². The molecule has 1 amide bonds. The normalized spacial score (nSPS) is 10.1. The molecule has 0 aromatic heterocycles. The summed E-state index contributed by atoms with van der Waals surface area (Å²) in [7, 11) is 0. The lowest BCUT2D eigenvalue weighted by Gasteiger charge is -2.08. The Morgan fingerprint density at radius 2 is 2.00 bits per heavy atom. The molecule has 0 heterocycles. The van der Waals surface area contributed by atoms with Crippen molar-refractivity contribution in [3.63, 3.8) is 0 Å². The van der Waals surface area contributed by atoms with Crippen molar-refractivity contribution < 1.29 is 9.53 Å². The van der Waals surface area contributed by atoms with Gasteiger partial charge in [-0.1, -0.05) is 18.2 Å².